The molecule has 2 aromatic rings. The number of ether oxygens (including phenoxy) is 1. The third-order valence-corrected chi connectivity index (χ3v) is 3.03. The summed E-state index contributed by atoms with van der Waals surface area (Å²) < 4.78 is 43.4. The van der Waals surface area contributed by atoms with E-state index in [9.17, 15) is 18.0 Å². The fourth-order valence-corrected chi connectivity index (χ4v) is 1.95. The molecule has 1 heterocycles. The Kier molecular flexibility index (Phi) is 3.97. The summed E-state index contributed by atoms with van der Waals surface area (Å²) in [6.07, 6.45) is -1.53. The number of pyridine rings is 1. The van der Waals surface area contributed by atoms with E-state index >= 15 is 0 Å². The van der Waals surface area contributed by atoms with Gasteiger partial charge in [-0.05, 0) is 42.3 Å². The average molecular weight is 295 g/mol. The van der Waals surface area contributed by atoms with Crippen LogP contribution in [0.1, 0.15) is 21.5 Å². The first kappa shape index (κ1) is 15.0. The SMILES string of the molecule is COC(=O)c1cc(-c2cnccc2C)cc(C(F)(F)F)c1. The molecule has 0 fully saturated rings. The summed E-state index contributed by atoms with van der Waals surface area (Å²) in [5, 5.41) is 0. The van der Waals surface area contributed by atoms with E-state index in [1.807, 2.05) is 0 Å². The largest absolute Gasteiger partial charge is 0.465 e. The summed E-state index contributed by atoms with van der Waals surface area (Å²) in [6.45, 7) is 1.76. The van der Waals surface area contributed by atoms with Crippen molar-refractivity contribution < 1.29 is 22.7 Å². The van der Waals surface area contributed by atoms with Gasteiger partial charge in [-0.2, -0.15) is 13.2 Å². The predicted molar refractivity (Wildman–Crippen MR) is 70.8 cm³/mol. The number of rotatable bonds is 2. The third kappa shape index (κ3) is 3.21. The molecular formula is C15H12F3NO2. The van der Waals surface area contributed by atoms with Gasteiger partial charge in [0.15, 0.2) is 0 Å². The van der Waals surface area contributed by atoms with Gasteiger partial charge in [-0.15, -0.1) is 0 Å². The van der Waals surface area contributed by atoms with Gasteiger partial charge in [0.05, 0.1) is 18.2 Å². The zero-order chi connectivity index (χ0) is 15.6. The number of halogens is 3. The van der Waals surface area contributed by atoms with Crippen molar-refractivity contribution in [3.05, 3.63) is 53.3 Å². The average Bonchev–Trinajstić information content (AvgIpc) is 2.45. The van der Waals surface area contributed by atoms with Crippen LogP contribution < -0.4 is 0 Å². The van der Waals surface area contributed by atoms with Gasteiger partial charge in [-0.3, -0.25) is 4.98 Å². The molecule has 0 amide bonds. The van der Waals surface area contributed by atoms with Crippen molar-refractivity contribution in [2.24, 2.45) is 0 Å². The number of carbonyl (C=O) groups is 1. The van der Waals surface area contributed by atoms with Gasteiger partial charge in [-0.1, -0.05) is 0 Å². The Morgan fingerprint density at radius 2 is 1.95 bits per heavy atom. The number of hydrogen-bond acceptors (Lipinski definition) is 3. The Labute approximate surface area is 119 Å². The first-order valence-corrected chi connectivity index (χ1v) is 6.04. The zero-order valence-corrected chi connectivity index (χ0v) is 11.4. The molecule has 21 heavy (non-hydrogen) atoms. The fourth-order valence-electron chi connectivity index (χ4n) is 1.95. The van der Waals surface area contributed by atoms with Crippen LogP contribution in [0.4, 0.5) is 13.2 Å². The molecule has 0 aliphatic carbocycles. The number of benzene rings is 1. The first-order chi connectivity index (χ1) is 9.82. The molecule has 0 aliphatic rings. The number of carbonyl (C=O) groups excluding carboxylic acids is 1. The summed E-state index contributed by atoms with van der Waals surface area (Å²) in [6, 6.07) is 4.83. The molecule has 0 N–H and O–H groups in total. The van der Waals surface area contributed by atoms with Crippen LogP contribution in [-0.4, -0.2) is 18.1 Å². The Balaban J connectivity index is 2.66. The molecule has 0 saturated carbocycles. The van der Waals surface area contributed by atoms with Gasteiger partial charge in [0, 0.05) is 18.0 Å². The molecule has 3 nitrogen and oxygen atoms in total. The van der Waals surface area contributed by atoms with Crippen LogP contribution in [0.25, 0.3) is 11.1 Å². The number of methoxy groups -OCH3 is 1. The van der Waals surface area contributed by atoms with Crippen molar-refractivity contribution in [1.29, 1.82) is 0 Å². The second-order valence-corrected chi connectivity index (χ2v) is 4.48. The highest BCUT2D eigenvalue weighted by Gasteiger charge is 2.32. The minimum absolute atomic E-state index is 0.148. The molecule has 0 aliphatic heterocycles. The van der Waals surface area contributed by atoms with E-state index in [0.29, 0.717) is 5.56 Å². The maximum absolute atomic E-state index is 13.0. The van der Waals surface area contributed by atoms with Gasteiger partial charge in [-0.25, -0.2) is 4.79 Å². The summed E-state index contributed by atoms with van der Waals surface area (Å²) >= 11 is 0. The second kappa shape index (κ2) is 5.55. The maximum Gasteiger partial charge on any atom is 0.416 e. The van der Waals surface area contributed by atoms with Gasteiger partial charge in [0.1, 0.15) is 0 Å². The van der Waals surface area contributed by atoms with E-state index < -0.39 is 17.7 Å². The Hall–Kier alpha value is -2.37. The van der Waals surface area contributed by atoms with Crippen molar-refractivity contribution in [3.63, 3.8) is 0 Å². The summed E-state index contributed by atoms with van der Waals surface area (Å²) in [7, 11) is 1.12. The van der Waals surface area contributed by atoms with Crippen molar-refractivity contribution >= 4 is 5.97 Å². The van der Waals surface area contributed by atoms with E-state index in [1.165, 1.54) is 12.3 Å². The topological polar surface area (TPSA) is 39.2 Å². The molecule has 0 radical (unpaired) electrons. The van der Waals surface area contributed by atoms with E-state index in [0.717, 1.165) is 24.8 Å². The zero-order valence-electron chi connectivity index (χ0n) is 11.4. The molecule has 0 saturated heterocycles. The molecule has 0 atom stereocenters. The molecule has 0 unspecified atom stereocenters. The van der Waals surface area contributed by atoms with Crippen LogP contribution >= 0.6 is 0 Å². The Bertz CT molecular complexity index is 681. The summed E-state index contributed by atoms with van der Waals surface area (Å²) in [5.41, 5.74) is 0.527. The smallest absolute Gasteiger partial charge is 0.416 e. The van der Waals surface area contributed by atoms with Crippen LogP contribution in [-0.2, 0) is 10.9 Å². The highest BCUT2D eigenvalue weighted by Crippen LogP contribution is 2.34. The number of aryl methyl sites for hydroxylation is 1. The molecule has 0 spiro atoms. The lowest BCUT2D eigenvalue weighted by molar-refractivity contribution is -0.137. The lowest BCUT2D eigenvalue weighted by Crippen LogP contribution is -2.09. The summed E-state index contributed by atoms with van der Waals surface area (Å²) in [4.78, 5) is 15.5. The van der Waals surface area contributed by atoms with E-state index in [2.05, 4.69) is 9.72 Å². The maximum atomic E-state index is 13.0. The standard InChI is InChI=1S/C15H12F3NO2/c1-9-3-4-19-8-13(9)10-5-11(14(20)21-2)7-12(6-10)15(16,17)18/h3-8H,1-2H3. The lowest BCUT2D eigenvalue weighted by atomic mass is 9.98. The molecular weight excluding hydrogens is 283 g/mol. The minimum atomic E-state index is -4.55. The minimum Gasteiger partial charge on any atom is -0.465 e. The van der Waals surface area contributed by atoms with Gasteiger partial charge >= 0.3 is 12.1 Å². The fraction of sp³-hybridized carbons (Fsp3) is 0.200. The van der Waals surface area contributed by atoms with Crippen LogP contribution in [0.5, 0.6) is 0 Å². The van der Waals surface area contributed by atoms with Crippen molar-refractivity contribution in [3.8, 4) is 11.1 Å². The molecule has 1 aromatic carbocycles. The number of esters is 1. The molecule has 1 aromatic heterocycles. The molecule has 110 valence electrons. The van der Waals surface area contributed by atoms with Crippen LogP contribution in [0, 0.1) is 6.92 Å². The molecule has 6 heteroatoms. The Morgan fingerprint density at radius 1 is 1.24 bits per heavy atom. The second-order valence-electron chi connectivity index (χ2n) is 4.48. The normalized spacial score (nSPS) is 11.3. The highest BCUT2D eigenvalue weighted by molar-refractivity contribution is 5.91. The van der Waals surface area contributed by atoms with Crippen LogP contribution in [0.2, 0.25) is 0 Å². The van der Waals surface area contributed by atoms with Crippen molar-refractivity contribution in [2.45, 2.75) is 13.1 Å². The van der Waals surface area contributed by atoms with Crippen molar-refractivity contribution in [1.82, 2.24) is 4.98 Å². The highest BCUT2D eigenvalue weighted by atomic mass is 19.4. The van der Waals surface area contributed by atoms with Crippen molar-refractivity contribution in [2.75, 3.05) is 7.11 Å². The monoisotopic (exact) mass is 295 g/mol. The molecule has 2 rings (SSSR count). The van der Waals surface area contributed by atoms with Gasteiger partial charge < -0.3 is 4.74 Å². The van der Waals surface area contributed by atoms with E-state index in [4.69, 9.17) is 0 Å². The number of aromatic nitrogens is 1. The first-order valence-electron chi connectivity index (χ1n) is 6.04. The Morgan fingerprint density at radius 3 is 2.52 bits per heavy atom. The van der Waals surface area contributed by atoms with Gasteiger partial charge in [0.2, 0.25) is 0 Å². The van der Waals surface area contributed by atoms with E-state index in [1.54, 1.807) is 19.2 Å². The number of hydrogen-bond donors (Lipinski definition) is 0. The number of alkyl halides is 3. The summed E-state index contributed by atoms with van der Waals surface area (Å²) in [5.74, 6) is -0.816. The third-order valence-electron chi connectivity index (χ3n) is 3.03. The lowest BCUT2D eigenvalue weighted by Gasteiger charge is -2.12. The van der Waals surface area contributed by atoms with Gasteiger partial charge in [0.25, 0.3) is 0 Å². The van der Waals surface area contributed by atoms with E-state index in [-0.39, 0.29) is 11.1 Å². The number of nitrogens with zero attached hydrogens (tertiary/aromatic N) is 1. The predicted octanol–water partition coefficient (Wildman–Crippen LogP) is 3.86. The van der Waals surface area contributed by atoms with Crippen LogP contribution in [0.3, 0.4) is 0 Å². The van der Waals surface area contributed by atoms with Crippen LogP contribution in [0.15, 0.2) is 36.7 Å². The quantitative estimate of drug-likeness (QED) is 0.790. The molecule has 0 bridgehead atoms.